The first-order chi connectivity index (χ1) is 11.9. The zero-order valence-electron chi connectivity index (χ0n) is 15.5. The van der Waals surface area contributed by atoms with Crippen LogP contribution in [0, 0.1) is 59.2 Å². The third-order valence-electron chi connectivity index (χ3n) is 8.27. The van der Waals surface area contributed by atoms with E-state index in [4.69, 9.17) is 6.42 Å². The van der Waals surface area contributed by atoms with E-state index in [9.17, 15) is 10.2 Å². The molecule has 4 aliphatic rings. The Bertz CT molecular complexity index is 689. The average Bonchev–Trinajstić information content (AvgIpc) is 2.84. The van der Waals surface area contributed by atoms with Gasteiger partial charge in [0.25, 0.3) is 0 Å². The normalized spacial score (nSPS) is 51.1. The number of terminal acetylenes is 1. The lowest BCUT2D eigenvalue weighted by Gasteiger charge is -2.57. The highest BCUT2D eigenvalue weighted by atomic mass is 16.3. The molecule has 0 heterocycles. The summed E-state index contributed by atoms with van der Waals surface area (Å²) in [5.74, 6) is 11.3. The molecule has 4 rings (SSSR count). The molecule has 0 radical (unpaired) electrons. The lowest BCUT2D eigenvalue weighted by molar-refractivity contribution is -0.0990. The lowest BCUT2D eigenvalue weighted by Crippen LogP contribution is -2.54. The maximum Gasteiger partial charge on any atom is 0.132 e. The van der Waals surface area contributed by atoms with E-state index in [0.29, 0.717) is 29.6 Å². The molecule has 2 nitrogen and oxygen atoms in total. The quantitative estimate of drug-likeness (QED) is 0.524. The monoisotopic (exact) mass is 338 g/mol. The number of hydrogen-bond donors (Lipinski definition) is 2. The van der Waals surface area contributed by atoms with Crippen LogP contribution in [0.2, 0.25) is 0 Å². The van der Waals surface area contributed by atoms with Crippen LogP contribution in [0.1, 0.15) is 58.8 Å². The molecule has 0 aromatic heterocycles. The lowest BCUT2D eigenvalue weighted by atomic mass is 9.48. The highest BCUT2D eigenvalue weighted by Gasteiger charge is 2.63. The minimum Gasteiger partial charge on any atom is -0.389 e. The summed E-state index contributed by atoms with van der Waals surface area (Å²) < 4.78 is 0. The van der Waals surface area contributed by atoms with Gasteiger partial charge in [0.15, 0.2) is 0 Å². The van der Waals surface area contributed by atoms with Crippen molar-refractivity contribution >= 4 is 0 Å². The van der Waals surface area contributed by atoms with Gasteiger partial charge in [0.2, 0.25) is 0 Å². The van der Waals surface area contributed by atoms with Crippen molar-refractivity contribution in [2.75, 3.05) is 0 Å². The van der Waals surface area contributed by atoms with Crippen molar-refractivity contribution in [2.45, 2.75) is 70.5 Å². The molecule has 2 heteroatoms. The molecule has 25 heavy (non-hydrogen) atoms. The summed E-state index contributed by atoms with van der Waals surface area (Å²) >= 11 is 0. The van der Waals surface area contributed by atoms with Crippen molar-refractivity contribution in [1.82, 2.24) is 0 Å². The van der Waals surface area contributed by atoms with Crippen molar-refractivity contribution in [2.24, 2.45) is 35.0 Å². The number of rotatable bonds is 0. The number of fused-ring (bicyclic) bond motifs is 5. The van der Waals surface area contributed by atoms with Crippen LogP contribution in [0.4, 0.5) is 0 Å². The second-order valence-corrected chi connectivity index (χ2v) is 9.27. The fraction of sp³-hybridized carbons (Fsp3) is 0.739. The van der Waals surface area contributed by atoms with Crippen molar-refractivity contribution in [3.05, 3.63) is 11.6 Å². The van der Waals surface area contributed by atoms with E-state index < -0.39 is 5.60 Å². The Hall–Kier alpha value is -1.22. The fourth-order valence-corrected chi connectivity index (χ4v) is 7.08. The van der Waals surface area contributed by atoms with Gasteiger partial charge < -0.3 is 10.2 Å². The van der Waals surface area contributed by atoms with E-state index in [-0.39, 0.29) is 11.5 Å². The highest BCUT2D eigenvalue weighted by molar-refractivity contribution is 5.33. The first kappa shape index (κ1) is 17.2. The summed E-state index contributed by atoms with van der Waals surface area (Å²) in [5.41, 5.74) is 0.450. The van der Waals surface area contributed by atoms with Gasteiger partial charge in [0.05, 0.1) is 6.10 Å². The van der Waals surface area contributed by atoms with Gasteiger partial charge in [-0.1, -0.05) is 31.4 Å². The number of aliphatic hydroxyl groups is 2. The Morgan fingerprint density at radius 1 is 1.20 bits per heavy atom. The molecule has 0 bridgehead atoms. The topological polar surface area (TPSA) is 40.5 Å². The van der Waals surface area contributed by atoms with Crippen molar-refractivity contribution in [3.63, 3.8) is 0 Å². The summed E-state index contributed by atoms with van der Waals surface area (Å²) in [6.07, 6.45) is 14.4. The molecule has 0 spiro atoms. The molecule has 8 atom stereocenters. The third kappa shape index (κ3) is 2.42. The van der Waals surface area contributed by atoms with Crippen LogP contribution in [0.3, 0.4) is 0 Å². The van der Waals surface area contributed by atoms with Crippen molar-refractivity contribution in [1.29, 1.82) is 0 Å². The van der Waals surface area contributed by atoms with Gasteiger partial charge in [0.1, 0.15) is 5.60 Å². The molecule has 2 N–H and O–H groups in total. The van der Waals surface area contributed by atoms with E-state index in [1.165, 1.54) is 12.0 Å². The zero-order chi connectivity index (χ0) is 17.8. The molecule has 0 aromatic carbocycles. The molecule has 134 valence electrons. The second kappa shape index (κ2) is 5.90. The summed E-state index contributed by atoms with van der Waals surface area (Å²) in [7, 11) is 0. The minimum absolute atomic E-state index is 0.137. The smallest absolute Gasteiger partial charge is 0.132 e. The predicted molar refractivity (Wildman–Crippen MR) is 99.2 cm³/mol. The molecule has 0 aliphatic heterocycles. The van der Waals surface area contributed by atoms with E-state index >= 15 is 0 Å². The van der Waals surface area contributed by atoms with Crippen LogP contribution in [0.15, 0.2) is 11.6 Å². The largest absolute Gasteiger partial charge is 0.389 e. The standard InChI is InChI=1S/C23H30O2/c1-4-5-10-23(25)12-9-20-21-15(2)13-16-14-17(24)6-7-18(16)19(21)8-11-22(20,23)3/h1,14-15,17-21,24-25H,6-9,11-13H2,2-3H3/t15-,17?,18?,19?,20?,21?,22+,23+/m1/s1. The van der Waals surface area contributed by atoms with Crippen molar-refractivity contribution in [3.8, 4) is 24.2 Å². The Balaban J connectivity index is 1.67. The molecular weight excluding hydrogens is 308 g/mol. The van der Waals surface area contributed by atoms with Gasteiger partial charge >= 0.3 is 0 Å². The van der Waals surface area contributed by atoms with E-state index in [1.54, 1.807) is 0 Å². The third-order valence-corrected chi connectivity index (χ3v) is 8.27. The molecule has 3 saturated carbocycles. The van der Waals surface area contributed by atoms with Gasteiger partial charge in [0, 0.05) is 5.41 Å². The van der Waals surface area contributed by atoms with Crippen LogP contribution in [0.5, 0.6) is 0 Å². The van der Waals surface area contributed by atoms with Gasteiger partial charge in [-0.25, -0.2) is 0 Å². The van der Waals surface area contributed by atoms with E-state index in [0.717, 1.165) is 38.5 Å². The van der Waals surface area contributed by atoms with Gasteiger partial charge in [-0.15, -0.1) is 6.42 Å². The summed E-state index contributed by atoms with van der Waals surface area (Å²) in [5, 5.41) is 21.3. The Labute approximate surface area is 152 Å². The molecular formula is C23H30O2. The minimum atomic E-state index is -0.923. The second-order valence-electron chi connectivity index (χ2n) is 9.27. The van der Waals surface area contributed by atoms with Crippen LogP contribution in [0.25, 0.3) is 0 Å². The van der Waals surface area contributed by atoms with Gasteiger partial charge in [-0.05, 0) is 86.4 Å². The summed E-state index contributed by atoms with van der Waals surface area (Å²) in [6.45, 7) is 4.64. The van der Waals surface area contributed by atoms with E-state index in [1.807, 2.05) is 0 Å². The number of hydrogen-bond acceptors (Lipinski definition) is 2. The Morgan fingerprint density at radius 3 is 2.76 bits per heavy atom. The average molecular weight is 338 g/mol. The molecule has 0 aromatic rings. The van der Waals surface area contributed by atoms with Crippen LogP contribution in [-0.4, -0.2) is 21.9 Å². The first-order valence-electron chi connectivity index (χ1n) is 9.98. The molecule has 0 amide bonds. The van der Waals surface area contributed by atoms with Crippen molar-refractivity contribution < 1.29 is 10.2 Å². The van der Waals surface area contributed by atoms with Crippen LogP contribution >= 0.6 is 0 Å². The maximum atomic E-state index is 11.3. The Kier molecular flexibility index (Phi) is 4.06. The van der Waals surface area contributed by atoms with E-state index in [2.05, 4.69) is 37.7 Å². The SMILES string of the molecule is C#CC#C[C@]1(O)CCC2C3C(CC[C@@]21C)C1CCC(O)C=C1C[C@H]3C. The fourth-order valence-electron chi connectivity index (χ4n) is 7.08. The molecule has 5 unspecified atom stereocenters. The highest BCUT2D eigenvalue weighted by Crippen LogP contribution is 2.65. The predicted octanol–water partition coefficient (Wildman–Crippen LogP) is 3.53. The summed E-state index contributed by atoms with van der Waals surface area (Å²) in [4.78, 5) is 0. The molecule has 0 saturated heterocycles. The van der Waals surface area contributed by atoms with Crippen LogP contribution < -0.4 is 0 Å². The number of aliphatic hydroxyl groups excluding tert-OH is 1. The maximum absolute atomic E-state index is 11.3. The molecule has 4 aliphatic carbocycles. The zero-order valence-corrected chi connectivity index (χ0v) is 15.5. The molecule has 3 fully saturated rings. The summed E-state index contributed by atoms with van der Waals surface area (Å²) in [6, 6.07) is 0. The Morgan fingerprint density at radius 2 is 2.00 bits per heavy atom. The first-order valence-corrected chi connectivity index (χ1v) is 9.98. The van der Waals surface area contributed by atoms with Crippen LogP contribution in [-0.2, 0) is 0 Å². The van der Waals surface area contributed by atoms with Gasteiger partial charge in [-0.3, -0.25) is 0 Å². The van der Waals surface area contributed by atoms with Gasteiger partial charge in [-0.2, -0.15) is 0 Å². The number of allylic oxidation sites excluding steroid dienone is 1.